The van der Waals surface area contributed by atoms with E-state index in [0.29, 0.717) is 10.6 Å². The molecule has 0 heterocycles. The molecular formula is C19H30B2. The Labute approximate surface area is 133 Å². The summed E-state index contributed by atoms with van der Waals surface area (Å²) in [4.78, 5) is 0. The first kappa shape index (κ1) is 17.9. The predicted molar refractivity (Wildman–Crippen MR) is 103 cm³/mol. The zero-order chi connectivity index (χ0) is 16.1. The lowest BCUT2D eigenvalue weighted by atomic mass is 9.50. The highest BCUT2D eigenvalue weighted by molar-refractivity contribution is 6.56. The van der Waals surface area contributed by atoms with Gasteiger partial charge in [-0.3, -0.25) is 0 Å². The minimum absolute atomic E-state index is 0.334. The Kier molecular flexibility index (Phi) is 6.13. The van der Waals surface area contributed by atoms with Gasteiger partial charge in [-0.2, -0.15) is 0 Å². The molecule has 1 aromatic rings. The summed E-state index contributed by atoms with van der Waals surface area (Å²) in [5.41, 5.74) is 4.12. The van der Waals surface area contributed by atoms with Crippen LogP contribution in [0.5, 0.6) is 0 Å². The lowest BCUT2D eigenvalue weighted by Gasteiger charge is -2.17. The van der Waals surface area contributed by atoms with Gasteiger partial charge in [0.2, 0.25) is 0 Å². The largest absolute Gasteiger partial charge is 0.163 e. The standard InChI is InChI=1S/C19H30B2/c1-8-16(20-18(2,3)4)13-12-15-10-9-11-17(14-15)21-19(5,6)7/h8-14,20-21H,1-7H3/b13-12-,16-8+. The third-order valence-electron chi connectivity index (χ3n) is 3.28. The minimum Gasteiger partial charge on any atom is -0.0936 e. The lowest BCUT2D eigenvalue weighted by Crippen LogP contribution is -2.23. The fourth-order valence-electron chi connectivity index (χ4n) is 2.49. The van der Waals surface area contributed by atoms with Gasteiger partial charge in [-0.25, -0.2) is 0 Å². The molecular weight excluding hydrogens is 250 g/mol. The van der Waals surface area contributed by atoms with Crippen molar-refractivity contribution in [1.29, 1.82) is 0 Å². The second-order valence-electron chi connectivity index (χ2n) is 8.42. The van der Waals surface area contributed by atoms with Crippen molar-refractivity contribution in [3.8, 4) is 0 Å². The first-order valence-electron chi connectivity index (χ1n) is 8.01. The van der Waals surface area contributed by atoms with Gasteiger partial charge < -0.3 is 0 Å². The van der Waals surface area contributed by atoms with E-state index in [1.807, 2.05) is 0 Å². The second kappa shape index (κ2) is 7.20. The summed E-state index contributed by atoms with van der Waals surface area (Å²) in [6.45, 7) is 15.8. The highest BCUT2D eigenvalue weighted by atomic mass is 14.0. The van der Waals surface area contributed by atoms with Crippen molar-refractivity contribution >= 4 is 26.1 Å². The molecule has 0 N–H and O–H groups in total. The maximum absolute atomic E-state index is 2.31. The van der Waals surface area contributed by atoms with E-state index in [1.165, 1.54) is 16.5 Å². The van der Waals surface area contributed by atoms with Gasteiger partial charge in [0.1, 0.15) is 0 Å². The molecule has 0 aliphatic carbocycles. The Morgan fingerprint density at radius 3 is 2.19 bits per heavy atom. The van der Waals surface area contributed by atoms with Crippen LogP contribution in [0, 0.1) is 0 Å². The highest BCUT2D eigenvalue weighted by Crippen LogP contribution is 2.24. The summed E-state index contributed by atoms with van der Waals surface area (Å²) >= 11 is 0. The molecule has 0 aliphatic rings. The van der Waals surface area contributed by atoms with Gasteiger partial charge in [0.15, 0.2) is 14.6 Å². The molecule has 112 valence electrons. The molecule has 0 nitrogen and oxygen atoms in total. The van der Waals surface area contributed by atoms with Gasteiger partial charge in [-0.1, -0.05) is 106 Å². The molecule has 0 radical (unpaired) electrons. The molecule has 0 amide bonds. The Morgan fingerprint density at radius 2 is 1.67 bits per heavy atom. The van der Waals surface area contributed by atoms with Crippen molar-refractivity contribution in [2.24, 2.45) is 0 Å². The van der Waals surface area contributed by atoms with E-state index in [9.17, 15) is 0 Å². The topological polar surface area (TPSA) is 0 Å². The molecule has 0 spiro atoms. The van der Waals surface area contributed by atoms with Gasteiger partial charge in [0.05, 0.1) is 0 Å². The Balaban J connectivity index is 2.83. The summed E-state index contributed by atoms with van der Waals surface area (Å²) < 4.78 is 0. The molecule has 21 heavy (non-hydrogen) atoms. The van der Waals surface area contributed by atoms with E-state index in [-0.39, 0.29) is 0 Å². The van der Waals surface area contributed by atoms with Gasteiger partial charge in [0.25, 0.3) is 0 Å². The fraction of sp³-hybridized carbons (Fsp3) is 0.474. The van der Waals surface area contributed by atoms with Crippen molar-refractivity contribution in [3.05, 3.63) is 47.5 Å². The van der Waals surface area contributed by atoms with E-state index in [0.717, 1.165) is 14.6 Å². The van der Waals surface area contributed by atoms with Crippen LogP contribution in [0.25, 0.3) is 6.08 Å². The number of benzene rings is 1. The average Bonchev–Trinajstić information content (AvgIpc) is 2.31. The molecule has 0 bridgehead atoms. The molecule has 0 atom stereocenters. The number of hydrogen-bond acceptors (Lipinski definition) is 0. The maximum atomic E-state index is 2.31. The smallest absolute Gasteiger partial charge is 0.0936 e. The summed E-state index contributed by atoms with van der Waals surface area (Å²) in [6, 6.07) is 8.90. The normalized spacial score (nSPS) is 13.6. The SMILES string of the molecule is C/C=C(BC(C)(C)C)\C=C/c1cccc(BC(C)(C)C)c1. The first-order valence-corrected chi connectivity index (χ1v) is 8.01. The number of allylic oxidation sites excluding steroid dienone is 3. The van der Waals surface area contributed by atoms with E-state index < -0.39 is 0 Å². The molecule has 0 fully saturated rings. The average molecular weight is 280 g/mol. The quantitative estimate of drug-likeness (QED) is 0.561. The van der Waals surface area contributed by atoms with E-state index in [2.05, 4.69) is 91.0 Å². The van der Waals surface area contributed by atoms with Gasteiger partial charge in [-0.15, -0.1) is 0 Å². The molecule has 1 aromatic carbocycles. The number of hydrogen-bond donors (Lipinski definition) is 0. The van der Waals surface area contributed by atoms with Crippen LogP contribution in [0.15, 0.2) is 41.9 Å². The van der Waals surface area contributed by atoms with Crippen LogP contribution in [-0.2, 0) is 0 Å². The number of rotatable bonds is 4. The van der Waals surface area contributed by atoms with Crippen LogP contribution < -0.4 is 5.46 Å². The summed E-state index contributed by atoms with van der Waals surface area (Å²) in [6.07, 6.45) is 6.73. The predicted octanol–water partition coefficient (Wildman–Crippen LogP) is 4.54. The first-order chi connectivity index (χ1) is 9.59. The molecule has 1 rings (SSSR count). The molecule has 2 heteroatoms. The van der Waals surface area contributed by atoms with Crippen molar-refractivity contribution < 1.29 is 0 Å². The van der Waals surface area contributed by atoms with Crippen LogP contribution in [0.4, 0.5) is 0 Å². The van der Waals surface area contributed by atoms with Crippen molar-refractivity contribution in [2.45, 2.75) is 59.1 Å². The summed E-state index contributed by atoms with van der Waals surface area (Å²) in [7, 11) is 2.23. The third kappa shape index (κ3) is 7.99. The van der Waals surface area contributed by atoms with Crippen molar-refractivity contribution in [2.75, 3.05) is 0 Å². The summed E-state index contributed by atoms with van der Waals surface area (Å²) in [5, 5.41) is 0.670. The molecule has 0 aliphatic heterocycles. The molecule has 0 aromatic heterocycles. The Hall–Kier alpha value is -1.17. The Bertz CT molecular complexity index is 511. The van der Waals surface area contributed by atoms with Gasteiger partial charge >= 0.3 is 0 Å². The zero-order valence-electron chi connectivity index (χ0n) is 15.0. The third-order valence-corrected chi connectivity index (χ3v) is 3.28. The van der Waals surface area contributed by atoms with Gasteiger partial charge in [-0.05, 0) is 12.5 Å². The van der Waals surface area contributed by atoms with Crippen LogP contribution in [0.2, 0.25) is 10.6 Å². The highest BCUT2D eigenvalue weighted by Gasteiger charge is 2.14. The maximum Gasteiger partial charge on any atom is 0.163 e. The van der Waals surface area contributed by atoms with Crippen LogP contribution in [0.3, 0.4) is 0 Å². The van der Waals surface area contributed by atoms with Gasteiger partial charge in [0, 0.05) is 0 Å². The summed E-state index contributed by atoms with van der Waals surface area (Å²) in [5.74, 6) is 0. The Morgan fingerprint density at radius 1 is 1.00 bits per heavy atom. The fourth-order valence-corrected chi connectivity index (χ4v) is 2.49. The zero-order valence-corrected chi connectivity index (χ0v) is 15.0. The molecule has 0 unspecified atom stereocenters. The van der Waals surface area contributed by atoms with Crippen molar-refractivity contribution in [1.82, 2.24) is 0 Å². The molecule has 0 saturated carbocycles. The van der Waals surface area contributed by atoms with E-state index in [1.54, 1.807) is 0 Å². The van der Waals surface area contributed by atoms with E-state index >= 15 is 0 Å². The van der Waals surface area contributed by atoms with E-state index in [4.69, 9.17) is 0 Å². The van der Waals surface area contributed by atoms with Crippen LogP contribution in [0.1, 0.15) is 54.0 Å². The minimum atomic E-state index is 0.334. The van der Waals surface area contributed by atoms with Crippen molar-refractivity contribution in [3.63, 3.8) is 0 Å². The lowest BCUT2D eigenvalue weighted by molar-refractivity contribution is 0.757. The molecule has 0 saturated heterocycles. The van der Waals surface area contributed by atoms with Crippen LogP contribution >= 0.6 is 0 Å². The van der Waals surface area contributed by atoms with Crippen LogP contribution in [-0.4, -0.2) is 14.6 Å². The second-order valence-corrected chi connectivity index (χ2v) is 8.42. The monoisotopic (exact) mass is 280 g/mol.